The van der Waals surface area contributed by atoms with Crippen LogP contribution >= 0.6 is 0 Å². The number of ether oxygens (including phenoxy) is 1. The fourth-order valence-corrected chi connectivity index (χ4v) is 3.44. The van der Waals surface area contributed by atoms with E-state index < -0.39 is 29.3 Å². The Morgan fingerprint density at radius 3 is 2.50 bits per heavy atom. The number of aliphatic hydroxyl groups is 1. The van der Waals surface area contributed by atoms with Gasteiger partial charge in [0.2, 0.25) is 0 Å². The number of Topliss-reactive ketones (excluding diaryl/α,β-unsaturated/α-hetero) is 1. The maximum absolute atomic E-state index is 13.3. The molecule has 0 bridgehead atoms. The van der Waals surface area contributed by atoms with Crippen molar-refractivity contribution in [3.05, 3.63) is 95.6 Å². The van der Waals surface area contributed by atoms with Crippen LogP contribution in [-0.2, 0) is 9.59 Å². The van der Waals surface area contributed by atoms with E-state index in [9.17, 15) is 19.1 Å². The second-order valence-electron chi connectivity index (χ2n) is 6.63. The van der Waals surface area contributed by atoms with Crippen LogP contribution in [0, 0.1) is 5.82 Å². The lowest BCUT2D eigenvalue weighted by molar-refractivity contribution is -0.132. The molecule has 1 saturated heterocycles. The van der Waals surface area contributed by atoms with E-state index in [1.165, 1.54) is 36.3 Å². The minimum atomic E-state index is -0.955. The Bertz CT molecular complexity index is 1140. The number of hydrogen-bond donors (Lipinski definition) is 1. The third-order valence-corrected chi connectivity index (χ3v) is 4.86. The molecule has 0 spiro atoms. The molecule has 1 unspecified atom stereocenters. The van der Waals surface area contributed by atoms with E-state index in [1.807, 2.05) is 0 Å². The van der Waals surface area contributed by atoms with Gasteiger partial charge in [0.05, 0.1) is 18.4 Å². The number of methoxy groups -OCH3 is 1. The first-order valence-electron chi connectivity index (χ1n) is 9.13. The summed E-state index contributed by atoms with van der Waals surface area (Å²) >= 11 is 0. The molecule has 1 aromatic heterocycles. The third-order valence-electron chi connectivity index (χ3n) is 4.86. The number of nitrogens with zero attached hydrogens (tertiary/aromatic N) is 2. The highest BCUT2D eigenvalue weighted by molar-refractivity contribution is 6.51. The van der Waals surface area contributed by atoms with E-state index >= 15 is 0 Å². The second-order valence-corrected chi connectivity index (χ2v) is 6.63. The van der Waals surface area contributed by atoms with Crippen molar-refractivity contribution in [2.75, 3.05) is 12.0 Å². The highest BCUT2D eigenvalue weighted by Crippen LogP contribution is 2.42. The van der Waals surface area contributed by atoms with E-state index in [0.717, 1.165) is 0 Å². The van der Waals surface area contributed by atoms with Crippen LogP contribution in [0.2, 0.25) is 0 Å². The summed E-state index contributed by atoms with van der Waals surface area (Å²) in [7, 11) is 1.50. The molecule has 30 heavy (non-hydrogen) atoms. The molecule has 1 fully saturated rings. The van der Waals surface area contributed by atoms with E-state index in [-0.39, 0.29) is 11.1 Å². The van der Waals surface area contributed by atoms with Crippen LogP contribution in [0.4, 0.5) is 10.1 Å². The summed E-state index contributed by atoms with van der Waals surface area (Å²) in [6.45, 7) is 0. The molecule has 1 N–H and O–H groups in total. The lowest BCUT2D eigenvalue weighted by atomic mass is 9.98. The van der Waals surface area contributed by atoms with Crippen LogP contribution in [0.3, 0.4) is 0 Å². The highest BCUT2D eigenvalue weighted by Gasteiger charge is 2.47. The summed E-state index contributed by atoms with van der Waals surface area (Å²) in [6, 6.07) is 15.9. The number of hydrogen-bond acceptors (Lipinski definition) is 5. The quantitative estimate of drug-likeness (QED) is 0.406. The van der Waals surface area contributed by atoms with Crippen molar-refractivity contribution in [1.29, 1.82) is 0 Å². The van der Waals surface area contributed by atoms with Gasteiger partial charge in [0, 0.05) is 23.5 Å². The minimum Gasteiger partial charge on any atom is -0.507 e. The van der Waals surface area contributed by atoms with Crippen LogP contribution in [0.5, 0.6) is 5.75 Å². The maximum atomic E-state index is 13.3. The first kappa shape index (κ1) is 19.3. The van der Waals surface area contributed by atoms with E-state index in [4.69, 9.17) is 4.74 Å². The molecule has 4 rings (SSSR count). The van der Waals surface area contributed by atoms with E-state index in [1.54, 1.807) is 48.7 Å². The molecule has 150 valence electrons. The average molecular weight is 404 g/mol. The van der Waals surface area contributed by atoms with Crippen LogP contribution in [0.1, 0.15) is 17.3 Å². The Hall–Kier alpha value is -4.00. The number of aliphatic hydroxyl groups excluding tert-OH is 1. The molecule has 0 aliphatic carbocycles. The Morgan fingerprint density at radius 1 is 1.07 bits per heavy atom. The van der Waals surface area contributed by atoms with Gasteiger partial charge in [-0.1, -0.05) is 12.1 Å². The minimum absolute atomic E-state index is 0.117. The number of rotatable bonds is 4. The first-order valence-corrected chi connectivity index (χ1v) is 9.13. The number of amides is 1. The van der Waals surface area contributed by atoms with Gasteiger partial charge in [0.25, 0.3) is 11.7 Å². The van der Waals surface area contributed by atoms with Gasteiger partial charge in [-0.3, -0.25) is 19.5 Å². The smallest absolute Gasteiger partial charge is 0.300 e. The summed E-state index contributed by atoms with van der Waals surface area (Å²) < 4.78 is 18.6. The maximum Gasteiger partial charge on any atom is 0.300 e. The zero-order valence-corrected chi connectivity index (χ0v) is 15.9. The molecule has 6 nitrogen and oxygen atoms in total. The van der Waals surface area contributed by atoms with Crippen molar-refractivity contribution in [2.24, 2.45) is 0 Å². The molecule has 1 aliphatic rings. The van der Waals surface area contributed by atoms with Gasteiger partial charge >= 0.3 is 0 Å². The third kappa shape index (κ3) is 3.30. The highest BCUT2D eigenvalue weighted by atomic mass is 19.1. The summed E-state index contributed by atoms with van der Waals surface area (Å²) in [5.74, 6) is -2.02. The van der Waals surface area contributed by atoms with E-state index in [2.05, 4.69) is 4.98 Å². The number of pyridine rings is 1. The summed E-state index contributed by atoms with van der Waals surface area (Å²) in [5, 5.41) is 10.9. The normalized spacial score (nSPS) is 17.9. The summed E-state index contributed by atoms with van der Waals surface area (Å²) in [4.78, 5) is 31.5. The Morgan fingerprint density at radius 2 is 1.83 bits per heavy atom. The number of benzene rings is 2. The zero-order valence-electron chi connectivity index (χ0n) is 15.9. The van der Waals surface area contributed by atoms with Crippen molar-refractivity contribution in [1.82, 2.24) is 4.98 Å². The fraction of sp³-hybridized carbons (Fsp3) is 0.0870. The predicted octanol–water partition coefficient (Wildman–Crippen LogP) is 3.86. The topological polar surface area (TPSA) is 79.7 Å². The number of ketones is 1. The van der Waals surface area contributed by atoms with Gasteiger partial charge in [0.1, 0.15) is 23.4 Å². The van der Waals surface area contributed by atoms with Gasteiger partial charge in [-0.05, 0) is 48.5 Å². The van der Waals surface area contributed by atoms with Crippen LogP contribution < -0.4 is 9.64 Å². The van der Waals surface area contributed by atoms with Crippen molar-refractivity contribution in [3.8, 4) is 5.75 Å². The summed E-state index contributed by atoms with van der Waals surface area (Å²) in [5.41, 5.74) is 0.933. The molecule has 1 atom stereocenters. The average Bonchev–Trinajstić information content (AvgIpc) is 3.05. The molecule has 1 amide bonds. The van der Waals surface area contributed by atoms with Gasteiger partial charge in [-0.25, -0.2) is 4.39 Å². The van der Waals surface area contributed by atoms with Crippen molar-refractivity contribution < 1.29 is 23.8 Å². The van der Waals surface area contributed by atoms with Gasteiger partial charge in [-0.15, -0.1) is 0 Å². The zero-order chi connectivity index (χ0) is 21.3. The molecule has 0 saturated carbocycles. The molecule has 1 aliphatic heterocycles. The Labute approximate surface area is 171 Å². The molecule has 2 heterocycles. The van der Waals surface area contributed by atoms with Crippen LogP contribution in [0.15, 0.2) is 78.5 Å². The van der Waals surface area contributed by atoms with Crippen molar-refractivity contribution in [2.45, 2.75) is 6.04 Å². The number of anilines is 1. The molecular formula is C23H17FN2O4. The van der Waals surface area contributed by atoms with Gasteiger partial charge in [-0.2, -0.15) is 0 Å². The van der Waals surface area contributed by atoms with E-state index in [0.29, 0.717) is 17.1 Å². The predicted molar refractivity (Wildman–Crippen MR) is 108 cm³/mol. The summed E-state index contributed by atoms with van der Waals surface area (Å²) in [6.07, 6.45) is 1.54. The number of halogens is 1. The van der Waals surface area contributed by atoms with Crippen LogP contribution in [-0.4, -0.2) is 28.9 Å². The molecule has 7 heteroatoms. The Balaban J connectivity index is 1.93. The standard InChI is InChI=1S/C23H17FN2O4/c1-30-17-6-4-5-16(13-17)26-20(18-7-2-3-12-25-18)19(22(28)23(26)29)21(27)14-8-10-15(24)11-9-14/h2-13,20,27H,1H3/b21-19+. The lowest BCUT2D eigenvalue weighted by Gasteiger charge is -2.24. The SMILES string of the molecule is COc1cccc(N2C(=O)C(=O)/C(=C(/O)c3ccc(F)cc3)C2c2ccccn2)c1. The number of carbonyl (C=O) groups is 2. The Kier molecular flexibility index (Phi) is 5.02. The number of aromatic nitrogens is 1. The molecule has 3 aromatic rings. The number of carbonyl (C=O) groups excluding carboxylic acids is 2. The van der Waals surface area contributed by atoms with Crippen molar-refractivity contribution >= 4 is 23.1 Å². The fourth-order valence-electron chi connectivity index (χ4n) is 3.44. The van der Waals surface area contributed by atoms with Crippen LogP contribution in [0.25, 0.3) is 5.76 Å². The largest absolute Gasteiger partial charge is 0.507 e. The van der Waals surface area contributed by atoms with Gasteiger partial charge < -0.3 is 9.84 Å². The monoisotopic (exact) mass is 404 g/mol. The molecular weight excluding hydrogens is 387 g/mol. The molecule has 2 aromatic carbocycles. The lowest BCUT2D eigenvalue weighted by Crippen LogP contribution is -2.29. The second kappa shape index (κ2) is 7.79. The molecule has 0 radical (unpaired) electrons. The van der Waals surface area contributed by atoms with Gasteiger partial charge in [0.15, 0.2) is 0 Å². The van der Waals surface area contributed by atoms with Crippen molar-refractivity contribution in [3.63, 3.8) is 0 Å². The first-order chi connectivity index (χ1) is 14.5.